The molecule has 84 valence electrons. The second-order valence-corrected chi connectivity index (χ2v) is 4.30. The molecule has 0 aliphatic rings. The van der Waals surface area contributed by atoms with E-state index in [1.807, 2.05) is 20.2 Å². The van der Waals surface area contributed by atoms with Crippen LogP contribution in [0.25, 0.3) is 0 Å². The van der Waals surface area contributed by atoms with Gasteiger partial charge in [0.25, 0.3) is 0 Å². The molecule has 5 nitrogen and oxygen atoms in total. The number of hydrogen-bond acceptors (Lipinski definition) is 3. The van der Waals surface area contributed by atoms with Crippen molar-refractivity contribution in [2.24, 2.45) is 12.8 Å². The standard InChI is InChI=1S/C10H18N4O/c1-7(8-5-12-14(4)6-8)13-10(2,3)9(11)15/h5-7,13H,1-4H3,(H2,11,15). The number of rotatable bonds is 4. The lowest BCUT2D eigenvalue weighted by atomic mass is 10.0. The van der Waals surface area contributed by atoms with Crippen LogP contribution >= 0.6 is 0 Å². The van der Waals surface area contributed by atoms with Crippen molar-refractivity contribution in [3.05, 3.63) is 18.0 Å². The van der Waals surface area contributed by atoms with E-state index < -0.39 is 5.54 Å². The Morgan fingerprint density at radius 1 is 1.67 bits per heavy atom. The zero-order valence-electron chi connectivity index (χ0n) is 9.61. The first-order valence-corrected chi connectivity index (χ1v) is 4.89. The van der Waals surface area contributed by atoms with Crippen LogP contribution in [0.5, 0.6) is 0 Å². The molecule has 0 radical (unpaired) electrons. The van der Waals surface area contributed by atoms with E-state index in [1.165, 1.54) is 0 Å². The lowest BCUT2D eigenvalue weighted by Gasteiger charge is -2.26. The van der Waals surface area contributed by atoms with Gasteiger partial charge in [0.1, 0.15) is 0 Å². The van der Waals surface area contributed by atoms with Crippen LogP contribution in [-0.4, -0.2) is 21.2 Å². The number of nitrogens with one attached hydrogen (secondary N) is 1. The Hall–Kier alpha value is -1.36. The van der Waals surface area contributed by atoms with E-state index in [9.17, 15) is 4.79 Å². The quantitative estimate of drug-likeness (QED) is 0.752. The van der Waals surface area contributed by atoms with E-state index >= 15 is 0 Å². The molecular weight excluding hydrogens is 192 g/mol. The van der Waals surface area contributed by atoms with Crippen LogP contribution in [0.4, 0.5) is 0 Å². The molecule has 0 aliphatic heterocycles. The van der Waals surface area contributed by atoms with Crippen molar-refractivity contribution >= 4 is 5.91 Å². The lowest BCUT2D eigenvalue weighted by Crippen LogP contribution is -2.51. The summed E-state index contributed by atoms with van der Waals surface area (Å²) in [5.41, 5.74) is 5.60. The number of primary amides is 1. The Balaban J connectivity index is 2.71. The van der Waals surface area contributed by atoms with Gasteiger partial charge in [-0.2, -0.15) is 5.10 Å². The van der Waals surface area contributed by atoms with Gasteiger partial charge in [-0.1, -0.05) is 0 Å². The van der Waals surface area contributed by atoms with Crippen LogP contribution in [0.15, 0.2) is 12.4 Å². The number of nitrogens with two attached hydrogens (primary N) is 1. The Morgan fingerprint density at radius 2 is 2.27 bits per heavy atom. The predicted octanol–water partition coefficient (Wildman–Crippen LogP) is 0.335. The maximum Gasteiger partial charge on any atom is 0.237 e. The van der Waals surface area contributed by atoms with Crippen molar-refractivity contribution in [1.82, 2.24) is 15.1 Å². The molecule has 5 heteroatoms. The minimum atomic E-state index is -0.713. The molecule has 0 saturated carbocycles. The largest absolute Gasteiger partial charge is 0.368 e. The molecule has 1 unspecified atom stereocenters. The summed E-state index contributed by atoms with van der Waals surface area (Å²) in [5, 5.41) is 7.23. The van der Waals surface area contributed by atoms with Crippen LogP contribution < -0.4 is 11.1 Å². The van der Waals surface area contributed by atoms with Gasteiger partial charge in [-0.25, -0.2) is 0 Å². The van der Waals surface area contributed by atoms with Gasteiger partial charge in [-0.3, -0.25) is 14.8 Å². The average Bonchev–Trinajstić information content (AvgIpc) is 2.50. The van der Waals surface area contributed by atoms with Gasteiger partial charge >= 0.3 is 0 Å². The Kier molecular flexibility index (Phi) is 3.14. The third kappa shape index (κ3) is 2.79. The molecule has 15 heavy (non-hydrogen) atoms. The first kappa shape index (κ1) is 11.7. The maximum absolute atomic E-state index is 11.1. The van der Waals surface area contributed by atoms with E-state index in [2.05, 4.69) is 10.4 Å². The van der Waals surface area contributed by atoms with Crippen LogP contribution in [0, 0.1) is 0 Å². The smallest absolute Gasteiger partial charge is 0.237 e. The van der Waals surface area contributed by atoms with E-state index in [0.29, 0.717) is 0 Å². The van der Waals surface area contributed by atoms with Gasteiger partial charge in [-0.15, -0.1) is 0 Å². The molecule has 1 rings (SSSR count). The van der Waals surface area contributed by atoms with E-state index in [-0.39, 0.29) is 11.9 Å². The SMILES string of the molecule is CC(NC(C)(C)C(N)=O)c1cnn(C)c1. The van der Waals surface area contributed by atoms with Crippen molar-refractivity contribution in [2.45, 2.75) is 32.4 Å². The molecular formula is C10H18N4O. The van der Waals surface area contributed by atoms with E-state index in [4.69, 9.17) is 5.73 Å². The number of nitrogens with zero attached hydrogens (tertiary/aromatic N) is 2. The lowest BCUT2D eigenvalue weighted by molar-refractivity contribution is -0.123. The maximum atomic E-state index is 11.1. The number of carbonyl (C=O) groups excluding carboxylic acids is 1. The van der Waals surface area contributed by atoms with Gasteiger partial charge in [0, 0.05) is 24.8 Å². The second kappa shape index (κ2) is 4.02. The van der Waals surface area contributed by atoms with Crippen molar-refractivity contribution in [3.63, 3.8) is 0 Å². The normalized spacial score (nSPS) is 13.9. The molecule has 0 spiro atoms. The fourth-order valence-electron chi connectivity index (χ4n) is 1.36. The Morgan fingerprint density at radius 3 is 2.67 bits per heavy atom. The summed E-state index contributed by atoms with van der Waals surface area (Å²) < 4.78 is 1.73. The van der Waals surface area contributed by atoms with Crippen LogP contribution in [0.2, 0.25) is 0 Å². The molecule has 0 saturated heterocycles. The van der Waals surface area contributed by atoms with Gasteiger partial charge in [0.15, 0.2) is 0 Å². The minimum absolute atomic E-state index is 0.0428. The third-order valence-corrected chi connectivity index (χ3v) is 2.42. The number of amides is 1. The molecule has 1 amide bonds. The number of hydrogen-bond donors (Lipinski definition) is 2. The summed E-state index contributed by atoms with van der Waals surface area (Å²) >= 11 is 0. The zero-order valence-corrected chi connectivity index (χ0v) is 9.61. The van der Waals surface area contributed by atoms with E-state index in [1.54, 1.807) is 24.7 Å². The molecule has 3 N–H and O–H groups in total. The Labute approximate surface area is 89.6 Å². The summed E-state index contributed by atoms with van der Waals surface area (Å²) in [6, 6.07) is 0.0428. The van der Waals surface area contributed by atoms with Crippen molar-refractivity contribution in [2.75, 3.05) is 0 Å². The highest BCUT2D eigenvalue weighted by Gasteiger charge is 2.26. The molecule has 1 aromatic heterocycles. The summed E-state index contributed by atoms with van der Waals surface area (Å²) in [5.74, 6) is -0.363. The van der Waals surface area contributed by atoms with Gasteiger partial charge in [0.2, 0.25) is 5.91 Å². The highest BCUT2D eigenvalue weighted by Crippen LogP contribution is 2.15. The third-order valence-electron chi connectivity index (χ3n) is 2.42. The highest BCUT2D eigenvalue weighted by atomic mass is 16.1. The second-order valence-electron chi connectivity index (χ2n) is 4.30. The summed E-state index contributed by atoms with van der Waals surface area (Å²) in [6.07, 6.45) is 3.68. The molecule has 1 atom stereocenters. The van der Waals surface area contributed by atoms with Gasteiger partial charge < -0.3 is 5.73 Å². The number of carbonyl (C=O) groups is 1. The fourth-order valence-corrected chi connectivity index (χ4v) is 1.36. The summed E-state index contributed by atoms with van der Waals surface area (Å²) in [6.45, 7) is 5.51. The number of aromatic nitrogens is 2. The van der Waals surface area contributed by atoms with Gasteiger partial charge in [0.05, 0.1) is 11.7 Å². The van der Waals surface area contributed by atoms with Crippen LogP contribution in [0.1, 0.15) is 32.4 Å². The first-order chi connectivity index (χ1) is 6.83. The Bertz CT molecular complexity index is 356. The van der Waals surface area contributed by atoms with Crippen LogP contribution in [-0.2, 0) is 11.8 Å². The topological polar surface area (TPSA) is 72.9 Å². The fraction of sp³-hybridized carbons (Fsp3) is 0.600. The molecule has 0 bridgehead atoms. The number of aryl methyl sites for hydroxylation is 1. The van der Waals surface area contributed by atoms with E-state index in [0.717, 1.165) is 5.56 Å². The predicted molar refractivity (Wildman–Crippen MR) is 58.0 cm³/mol. The molecule has 0 aromatic carbocycles. The van der Waals surface area contributed by atoms with Crippen molar-refractivity contribution < 1.29 is 4.79 Å². The molecule has 0 aliphatic carbocycles. The molecule has 0 fully saturated rings. The van der Waals surface area contributed by atoms with Crippen LogP contribution in [0.3, 0.4) is 0 Å². The van der Waals surface area contributed by atoms with Gasteiger partial charge in [-0.05, 0) is 20.8 Å². The minimum Gasteiger partial charge on any atom is -0.368 e. The molecule has 1 heterocycles. The average molecular weight is 210 g/mol. The van der Waals surface area contributed by atoms with Crippen molar-refractivity contribution in [3.8, 4) is 0 Å². The monoisotopic (exact) mass is 210 g/mol. The first-order valence-electron chi connectivity index (χ1n) is 4.89. The summed E-state index contributed by atoms with van der Waals surface area (Å²) in [4.78, 5) is 11.1. The van der Waals surface area contributed by atoms with Crippen molar-refractivity contribution in [1.29, 1.82) is 0 Å². The zero-order chi connectivity index (χ0) is 11.6. The molecule has 1 aromatic rings. The summed E-state index contributed by atoms with van der Waals surface area (Å²) in [7, 11) is 1.86. The highest BCUT2D eigenvalue weighted by molar-refractivity contribution is 5.83.